The van der Waals surface area contributed by atoms with Gasteiger partial charge in [0.15, 0.2) is 0 Å². The summed E-state index contributed by atoms with van der Waals surface area (Å²) in [6.07, 6.45) is 0.923. The van der Waals surface area contributed by atoms with Crippen molar-refractivity contribution >= 4 is 15.9 Å². The van der Waals surface area contributed by atoms with Crippen molar-refractivity contribution in [3.05, 3.63) is 46.8 Å². The van der Waals surface area contributed by atoms with Gasteiger partial charge in [-0.05, 0) is 37.1 Å². The molecule has 0 saturated carbocycles. The SMILES string of the molecule is Cc1[nH]nc(CCC(=O)NCc2ccc(S(N)(=O)=O)cc2)c1C. The van der Waals surface area contributed by atoms with Gasteiger partial charge >= 0.3 is 0 Å². The van der Waals surface area contributed by atoms with Crippen LogP contribution in [0.15, 0.2) is 29.2 Å². The monoisotopic (exact) mass is 336 g/mol. The van der Waals surface area contributed by atoms with Gasteiger partial charge in [0.25, 0.3) is 0 Å². The first-order valence-corrected chi connectivity index (χ1v) is 8.71. The quantitative estimate of drug-likeness (QED) is 0.727. The highest BCUT2D eigenvalue weighted by Crippen LogP contribution is 2.11. The van der Waals surface area contributed by atoms with Gasteiger partial charge in [0.1, 0.15) is 0 Å². The molecule has 23 heavy (non-hydrogen) atoms. The van der Waals surface area contributed by atoms with Crippen molar-refractivity contribution in [2.45, 2.75) is 38.1 Å². The third-order valence-electron chi connectivity index (χ3n) is 3.68. The number of nitrogens with zero attached hydrogens (tertiary/aromatic N) is 1. The number of nitrogens with two attached hydrogens (primary N) is 1. The summed E-state index contributed by atoms with van der Waals surface area (Å²) in [7, 11) is -3.69. The highest BCUT2D eigenvalue weighted by atomic mass is 32.2. The van der Waals surface area contributed by atoms with Crippen LogP contribution >= 0.6 is 0 Å². The molecule has 8 heteroatoms. The molecule has 1 heterocycles. The van der Waals surface area contributed by atoms with Crippen LogP contribution in [0.2, 0.25) is 0 Å². The topological polar surface area (TPSA) is 118 Å². The maximum absolute atomic E-state index is 11.9. The summed E-state index contributed by atoms with van der Waals surface area (Å²) >= 11 is 0. The van der Waals surface area contributed by atoms with Gasteiger partial charge in [-0.1, -0.05) is 12.1 Å². The molecule has 0 fully saturated rings. The van der Waals surface area contributed by atoms with E-state index in [9.17, 15) is 13.2 Å². The lowest BCUT2D eigenvalue weighted by molar-refractivity contribution is -0.121. The van der Waals surface area contributed by atoms with Crippen molar-refractivity contribution in [3.63, 3.8) is 0 Å². The standard InChI is InChI=1S/C15H20N4O3S/c1-10-11(2)18-19-14(10)7-8-15(20)17-9-12-3-5-13(6-4-12)23(16,21)22/h3-6H,7-9H2,1-2H3,(H,17,20)(H,18,19)(H2,16,21,22). The third kappa shape index (κ3) is 4.64. The Morgan fingerprint density at radius 2 is 1.91 bits per heavy atom. The Morgan fingerprint density at radius 1 is 1.26 bits per heavy atom. The van der Waals surface area contributed by atoms with Crippen LogP contribution in [0.1, 0.15) is 28.9 Å². The van der Waals surface area contributed by atoms with Crippen molar-refractivity contribution in [1.29, 1.82) is 0 Å². The van der Waals surface area contributed by atoms with Crippen LogP contribution in [-0.4, -0.2) is 24.5 Å². The summed E-state index contributed by atoms with van der Waals surface area (Å²) in [4.78, 5) is 11.9. The fourth-order valence-corrected chi connectivity index (χ4v) is 2.61. The van der Waals surface area contributed by atoms with Gasteiger partial charge in [0, 0.05) is 25.1 Å². The van der Waals surface area contributed by atoms with E-state index in [0.29, 0.717) is 19.4 Å². The van der Waals surface area contributed by atoms with Gasteiger partial charge in [-0.3, -0.25) is 9.89 Å². The number of sulfonamides is 1. The molecule has 124 valence electrons. The minimum absolute atomic E-state index is 0.0527. The second-order valence-electron chi connectivity index (χ2n) is 5.39. The van der Waals surface area contributed by atoms with Crippen molar-refractivity contribution in [3.8, 4) is 0 Å². The molecule has 0 radical (unpaired) electrons. The summed E-state index contributed by atoms with van der Waals surface area (Å²) < 4.78 is 22.3. The van der Waals surface area contributed by atoms with Gasteiger partial charge < -0.3 is 5.32 Å². The van der Waals surface area contributed by atoms with Crippen LogP contribution in [0.25, 0.3) is 0 Å². The Morgan fingerprint density at radius 3 is 2.43 bits per heavy atom. The van der Waals surface area contributed by atoms with E-state index in [4.69, 9.17) is 5.14 Å². The minimum atomic E-state index is -3.69. The maximum atomic E-state index is 11.9. The summed E-state index contributed by atoms with van der Waals surface area (Å²) in [6, 6.07) is 6.10. The summed E-state index contributed by atoms with van der Waals surface area (Å²) in [6.45, 7) is 4.25. The number of benzene rings is 1. The fraction of sp³-hybridized carbons (Fsp3) is 0.333. The number of aromatic amines is 1. The van der Waals surface area contributed by atoms with Gasteiger partial charge in [0.2, 0.25) is 15.9 Å². The predicted molar refractivity (Wildman–Crippen MR) is 86.0 cm³/mol. The fourth-order valence-electron chi connectivity index (χ4n) is 2.10. The second kappa shape index (κ2) is 6.93. The molecule has 0 unspecified atom stereocenters. The van der Waals surface area contributed by atoms with Gasteiger partial charge in [-0.25, -0.2) is 13.6 Å². The van der Waals surface area contributed by atoms with Crippen molar-refractivity contribution in [2.24, 2.45) is 5.14 Å². The molecule has 0 spiro atoms. The number of aromatic nitrogens is 2. The normalized spacial score (nSPS) is 11.4. The Labute approximate surface area is 135 Å². The largest absolute Gasteiger partial charge is 0.352 e. The van der Waals surface area contributed by atoms with Crippen molar-refractivity contribution in [2.75, 3.05) is 0 Å². The molecule has 0 aliphatic rings. The van der Waals surface area contributed by atoms with E-state index in [2.05, 4.69) is 15.5 Å². The van der Waals surface area contributed by atoms with Crippen LogP contribution in [0, 0.1) is 13.8 Å². The molecule has 1 aromatic carbocycles. The molecule has 0 bridgehead atoms. The molecule has 7 nitrogen and oxygen atoms in total. The second-order valence-corrected chi connectivity index (χ2v) is 6.95. The first kappa shape index (κ1) is 17.2. The van der Waals surface area contributed by atoms with Crippen LogP contribution in [0.4, 0.5) is 0 Å². The summed E-state index contributed by atoms with van der Waals surface area (Å²) in [5.41, 5.74) is 3.79. The van der Waals surface area contributed by atoms with Gasteiger partial charge in [-0.2, -0.15) is 5.10 Å². The van der Waals surface area contributed by atoms with Crippen LogP contribution < -0.4 is 10.5 Å². The number of amides is 1. The number of hydrogen-bond acceptors (Lipinski definition) is 4. The van der Waals surface area contributed by atoms with E-state index in [1.807, 2.05) is 13.8 Å². The molecule has 2 aromatic rings. The summed E-state index contributed by atoms with van der Waals surface area (Å²) in [5, 5.41) is 14.9. The number of hydrogen-bond donors (Lipinski definition) is 3. The predicted octanol–water partition coefficient (Wildman–Crippen LogP) is 0.923. The number of H-pyrrole nitrogens is 1. The average Bonchev–Trinajstić information content (AvgIpc) is 2.82. The van der Waals surface area contributed by atoms with Crippen molar-refractivity contribution in [1.82, 2.24) is 15.5 Å². The van der Waals surface area contributed by atoms with E-state index < -0.39 is 10.0 Å². The zero-order valence-corrected chi connectivity index (χ0v) is 13.9. The molecule has 4 N–H and O–H groups in total. The molecule has 0 aliphatic heterocycles. The smallest absolute Gasteiger partial charge is 0.238 e. The first-order valence-electron chi connectivity index (χ1n) is 7.16. The lowest BCUT2D eigenvalue weighted by Crippen LogP contribution is -2.23. The number of rotatable bonds is 6. The molecule has 1 amide bonds. The molecule has 2 rings (SSSR count). The number of nitrogens with one attached hydrogen (secondary N) is 2. The van der Waals surface area contributed by atoms with Gasteiger partial charge in [0.05, 0.1) is 10.6 Å². The van der Waals surface area contributed by atoms with Crippen molar-refractivity contribution < 1.29 is 13.2 Å². The molecule has 0 aliphatic carbocycles. The highest BCUT2D eigenvalue weighted by molar-refractivity contribution is 7.89. The molecule has 0 atom stereocenters. The third-order valence-corrected chi connectivity index (χ3v) is 4.61. The number of carbonyl (C=O) groups is 1. The number of carbonyl (C=O) groups excluding carboxylic acids is 1. The Kier molecular flexibility index (Phi) is 5.17. The van der Waals surface area contributed by atoms with Crippen LogP contribution in [0.5, 0.6) is 0 Å². The van der Waals surface area contributed by atoms with Crippen LogP contribution in [0.3, 0.4) is 0 Å². The molecular weight excluding hydrogens is 316 g/mol. The van der Waals surface area contributed by atoms with Crippen LogP contribution in [-0.2, 0) is 27.8 Å². The molecular formula is C15H20N4O3S. The Hall–Kier alpha value is -2.19. The zero-order valence-electron chi connectivity index (χ0n) is 13.1. The van der Waals surface area contributed by atoms with Gasteiger partial charge in [-0.15, -0.1) is 0 Å². The average molecular weight is 336 g/mol. The summed E-state index contributed by atoms with van der Waals surface area (Å²) in [5.74, 6) is -0.0828. The van der Waals surface area contributed by atoms with E-state index in [1.165, 1.54) is 12.1 Å². The molecule has 0 saturated heterocycles. The minimum Gasteiger partial charge on any atom is -0.352 e. The van der Waals surface area contributed by atoms with E-state index >= 15 is 0 Å². The zero-order chi connectivity index (χ0) is 17.0. The maximum Gasteiger partial charge on any atom is 0.238 e. The number of aryl methyl sites for hydroxylation is 2. The highest BCUT2D eigenvalue weighted by Gasteiger charge is 2.09. The Balaban J connectivity index is 1.83. The first-order chi connectivity index (χ1) is 10.8. The van der Waals surface area contributed by atoms with E-state index in [-0.39, 0.29) is 10.8 Å². The number of primary sulfonamides is 1. The lowest BCUT2D eigenvalue weighted by atomic mass is 10.1. The van der Waals surface area contributed by atoms with E-state index in [0.717, 1.165) is 22.5 Å². The van der Waals surface area contributed by atoms with E-state index in [1.54, 1.807) is 12.1 Å². The Bertz CT molecular complexity index is 795. The molecule has 1 aromatic heterocycles. The lowest BCUT2D eigenvalue weighted by Gasteiger charge is -2.06.